The molecule has 1 atom stereocenters. The second kappa shape index (κ2) is 8.60. The molecule has 128 valence electrons. The highest BCUT2D eigenvalue weighted by Crippen LogP contribution is 2.14. The number of unbranched alkanes of at least 4 members (excludes halogenated alkanes) is 1. The fourth-order valence-corrected chi connectivity index (χ4v) is 1.42. The van der Waals surface area contributed by atoms with Crippen LogP contribution in [-0.2, 0) is 14.3 Å². The van der Waals surface area contributed by atoms with Gasteiger partial charge in [0.2, 0.25) is 0 Å². The van der Waals surface area contributed by atoms with Gasteiger partial charge in [0, 0.05) is 6.54 Å². The first-order valence-electron chi connectivity index (χ1n) is 6.75. The molecule has 0 aliphatic heterocycles. The molecule has 22 heavy (non-hydrogen) atoms. The van der Waals surface area contributed by atoms with Gasteiger partial charge < -0.3 is 20.2 Å². The lowest BCUT2D eigenvalue weighted by Gasteiger charge is -2.21. The van der Waals surface area contributed by atoms with Crippen molar-refractivity contribution in [1.82, 2.24) is 10.6 Å². The molecule has 0 saturated heterocycles. The number of alkyl carbamates (subject to hydrolysis) is 1. The molecule has 0 aromatic carbocycles. The molecule has 9 heteroatoms. The average Bonchev–Trinajstić information content (AvgIpc) is 2.33. The van der Waals surface area contributed by atoms with Crippen molar-refractivity contribution in [2.75, 3.05) is 6.54 Å². The maximum atomic E-state index is 11.9. The largest absolute Gasteiger partial charge is 0.471 e. The van der Waals surface area contributed by atoms with Crippen molar-refractivity contribution in [3.8, 4) is 0 Å². The number of halogens is 3. The number of rotatable bonds is 7. The molecule has 0 heterocycles. The number of nitrogens with one attached hydrogen (secondary N) is 2. The molecule has 0 saturated carbocycles. The fraction of sp³-hybridized carbons (Fsp3) is 0.769. The van der Waals surface area contributed by atoms with E-state index in [0.717, 1.165) is 0 Å². The summed E-state index contributed by atoms with van der Waals surface area (Å²) < 4.78 is 40.7. The summed E-state index contributed by atoms with van der Waals surface area (Å²) in [7, 11) is 0. The zero-order valence-electron chi connectivity index (χ0n) is 12.8. The van der Waals surface area contributed by atoms with Gasteiger partial charge in [0.15, 0.2) is 0 Å². The van der Waals surface area contributed by atoms with Crippen molar-refractivity contribution in [2.24, 2.45) is 0 Å². The molecule has 2 N–H and O–H groups in total. The van der Waals surface area contributed by atoms with Crippen LogP contribution in [0.3, 0.4) is 0 Å². The van der Waals surface area contributed by atoms with E-state index in [0.29, 0.717) is 12.7 Å². The van der Waals surface area contributed by atoms with Crippen LogP contribution in [0.1, 0.15) is 40.0 Å². The maximum absolute atomic E-state index is 11.9. The van der Waals surface area contributed by atoms with Crippen LogP contribution >= 0.6 is 0 Å². The van der Waals surface area contributed by atoms with E-state index in [1.165, 1.54) is 0 Å². The minimum Gasteiger partial charge on any atom is -0.444 e. The summed E-state index contributed by atoms with van der Waals surface area (Å²) in [5.41, 5.74) is -0.695. The van der Waals surface area contributed by atoms with E-state index < -0.39 is 29.8 Å². The molecule has 0 bridgehead atoms. The molecular formula is C13H21F3N2O4. The third-order valence-electron chi connectivity index (χ3n) is 2.35. The maximum Gasteiger partial charge on any atom is 0.471 e. The summed E-state index contributed by atoms with van der Waals surface area (Å²) >= 11 is 0. The highest BCUT2D eigenvalue weighted by Gasteiger charge is 2.38. The first-order chi connectivity index (χ1) is 9.95. The molecule has 0 fully saturated rings. The average molecular weight is 326 g/mol. The summed E-state index contributed by atoms with van der Waals surface area (Å²) in [6, 6.07) is -0.784. The van der Waals surface area contributed by atoms with Gasteiger partial charge in [-0.2, -0.15) is 13.2 Å². The van der Waals surface area contributed by atoms with Crippen molar-refractivity contribution in [3.63, 3.8) is 0 Å². The summed E-state index contributed by atoms with van der Waals surface area (Å²) in [4.78, 5) is 32.8. The third-order valence-corrected chi connectivity index (χ3v) is 2.35. The number of amides is 2. The number of alkyl halides is 3. The Labute approximate surface area is 126 Å². The predicted octanol–water partition coefficient (Wildman–Crippen LogP) is 1.93. The van der Waals surface area contributed by atoms with E-state index in [-0.39, 0.29) is 19.4 Å². The Morgan fingerprint density at radius 1 is 1.18 bits per heavy atom. The Morgan fingerprint density at radius 2 is 1.77 bits per heavy atom. The highest BCUT2D eigenvalue weighted by molar-refractivity contribution is 5.81. The van der Waals surface area contributed by atoms with Crippen LogP contribution in [0.4, 0.5) is 18.0 Å². The molecule has 0 unspecified atom stereocenters. The Morgan fingerprint density at radius 3 is 2.23 bits per heavy atom. The van der Waals surface area contributed by atoms with E-state index in [1.807, 2.05) is 0 Å². The lowest BCUT2D eigenvalue weighted by atomic mass is 10.1. The van der Waals surface area contributed by atoms with E-state index in [4.69, 9.17) is 4.74 Å². The second-order valence-electron chi connectivity index (χ2n) is 5.64. The number of carbonyl (C=O) groups is 3. The van der Waals surface area contributed by atoms with E-state index in [1.54, 1.807) is 26.1 Å². The summed E-state index contributed by atoms with van der Waals surface area (Å²) in [6.07, 6.45) is -4.26. The van der Waals surface area contributed by atoms with Gasteiger partial charge in [-0.25, -0.2) is 4.79 Å². The molecule has 6 nitrogen and oxygen atoms in total. The number of ether oxygens (including phenoxy) is 1. The Hall–Kier alpha value is -1.80. The van der Waals surface area contributed by atoms with Gasteiger partial charge in [0.25, 0.3) is 0 Å². The van der Waals surface area contributed by atoms with Crippen molar-refractivity contribution < 1.29 is 32.3 Å². The Bertz CT molecular complexity index is 392. The van der Waals surface area contributed by atoms with Crippen LogP contribution in [0.15, 0.2) is 0 Å². The zero-order chi connectivity index (χ0) is 17.4. The molecule has 0 rings (SSSR count). The minimum absolute atomic E-state index is 0.156. The Kier molecular flexibility index (Phi) is 7.89. The summed E-state index contributed by atoms with van der Waals surface area (Å²) in [5.74, 6) is -1.99. The van der Waals surface area contributed by atoms with Gasteiger partial charge in [0.05, 0.1) is 6.04 Å². The molecule has 0 aliphatic rings. The van der Waals surface area contributed by atoms with Crippen molar-refractivity contribution in [1.29, 1.82) is 0 Å². The van der Waals surface area contributed by atoms with Crippen LogP contribution in [0.5, 0.6) is 0 Å². The SMILES string of the molecule is CC(C)(C)OC(=O)N[C@H](C=O)CCCCNC(=O)C(F)(F)F. The lowest BCUT2D eigenvalue weighted by Crippen LogP contribution is -2.40. The van der Waals surface area contributed by atoms with Crippen LogP contribution in [0, 0.1) is 0 Å². The van der Waals surface area contributed by atoms with Crippen molar-refractivity contribution in [2.45, 2.75) is 57.9 Å². The highest BCUT2D eigenvalue weighted by atomic mass is 19.4. The molecular weight excluding hydrogens is 305 g/mol. The minimum atomic E-state index is -4.90. The second-order valence-corrected chi connectivity index (χ2v) is 5.64. The van der Waals surface area contributed by atoms with Gasteiger partial charge in [-0.3, -0.25) is 4.79 Å². The normalized spacial score (nSPS) is 13.2. The predicted molar refractivity (Wildman–Crippen MR) is 72.1 cm³/mol. The zero-order valence-corrected chi connectivity index (χ0v) is 12.8. The summed E-state index contributed by atoms with van der Waals surface area (Å²) in [6.45, 7) is 4.86. The quantitative estimate of drug-likeness (QED) is 0.553. The molecule has 0 spiro atoms. The van der Waals surface area contributed by atoms with Crippen LogP contribution in [0.2, 0.25) is 0 Å². The number of aldehydes is 1. The fourth-order valence-electron chi connectivity index (χ4n) is 1.42. The first-order valence-corrected chi connectivity index (χ1v) is 6.75. The molecule has 0 aliphatic carbocycles. The van der Waals surface area contributed by atoms with Crippen molar-refractivity contribution >= 4 is 18.3 Å². The molecule has 0 aromatic heterocycles. The first kappa shape index (κ1) is 20.2. The molecule has 0 aromatic rings. The topological polar surface area (TPSA) is 84.5 Å². The number of hydrogen-bond acceptors (Lipinski definition) is 4. The van der Waals surface area contributed by atoms with E-state index >= 15 is 0 Å². The van der Waals surface area contributed by atoms with Crippen molar-refractivity contribution in [3.05, 3.63) is 0 Å². The number of hydrogen-bond donors (Lipinski definition) is 2. The standard InChI is InChI=1S/C13H21F3N2O4/c1-12(2,3)22-11(21)18-9(8-19)6-4-5-7-17-10(20)13(14,15)16/h8-9H,4-7H2,1-3H3,(H,17,20)(H,18,21)/t9-/m0/s1. The lowest BCUT2D eigenvalue weighted by molar-refractivity contribution is -0.173. The van der Waals surface area contributed by atoms with E-state index in [2.05, 4.69) is 5.32 Å². The molecule has 0 radical (unpaired) electrons. The number of carbonyl (C=O) groups excluding carboxylic acids is 3. The Balaban J connectivity index is 3.95. The monoisotopic (exact) mass is 326 g/mol. The van der Waals surface area contributed by atoms with Gasteiger partial charge in [-0.1, -0.05) is 0 Å². The van der Waals surface area contributed by atoms with Gasteiger partial charge in [0.1, 0.15) is 11.9 Å². The van der Waals surface area contributed by atoms with E-state index in [9.17, 15) is 27.6 Å². The van der Waals surface area contributed by atoms with Gasteiger partial charge in [-0.15, -0.1) is 0 Å². The third kappa shape index (κ3) is 10.0. The molecule has 2 amide bonds. The van der Waals surface area contributed by atoms with Crippen LogP contribution < -0.4 is 10.6 Å². The van der Waals surface area contributed by atoms with Crippen LogP contribution in [-0.4, -0.2) is 42.7 Å². The van der Waals surface area contributed by atoms with Gasteiger partial charge >= 0.3 is 18.2 Å². The van der Waals surface area contributed by atoms with Crippen LogP contribution in [0.25, 0.3) is 0 Å². The van der Waals surface area contributed by atoms with Gasteiger partial charge in [-0.05, 0) is 40.0 Å². The smallest absolute Gasteiger partial charge is 0.444 e. The summed E-state index contributed by atoms with van der Waals surface area (Å²) in [5, 5.41) is 4.07.